The highest BCUT2D eigenvalue weighted by Gasteiger charge is 2.14. The van der Waals surface area contributed by atoms with Gasteiger partial charge in [-0.05, 0) is 75.6 Å². The molecule has 0 aliphatic carbocycles. The molecule has 0 aliphatic heterocycles. The van der Waals surface area contributed by atoms with Crippen LogP contribution in [-0.2, 0) is 13.0 Å². The van der Waals surface area contributed by atoms with Gasteiger partial charge in [0.2, 0.25) is 0 Å². The van der Waals surface area contributed by atoms with Crippen LogP contribution in [0.25, 0.3) is 10.1 Å². The largest absolute Gasteiger partial charge is 0.487 e. The van der Waals surface area contributed by atoms with Crippen molar-refractivity contribution in [3.8, 4) is 5.75 Å². The molecule has 0 radical (unpaired) electrons. The third kappa shape index (κ3) is 3.95. The highest BCUT2D eigenvalue weighted by molar-refractivity contribution is 9.10. The van der Waals surface area contributed by atoms with E-state index in [1.54, 1.807) is 0 Å². The summed E-state index contributed by atoms with van der Waals surface area (Å²) in [5, 5.41) is 1.33. The monoisotopic (exact) mass is 436 g/mol. The first-order valence-electron chi connectivity index (χ1n) is 9.04. The van der Waals surface area contributed by atoms with Gasteiger partial charge in [0.15, 0.2) is 0 Å². The lowest BCUT2D eigenvalue weighted by atomic mass is 9.99. The molecule has 0 aliphatic rings. The summed E-state index contributed by atoms with van der Waals surface area (Å²) >= 11 is 5.61. The second-order valence-corrected chi connectivity index (χ2v) is 8.82. The molecule has 0 atom stereocenters. The van der Waals surface area contributed by atoms with Gasteiger partial charge in [0.25, 0.3) is 0 Å². The Hall–Kier alpha value is -2.10. The molecule has 0 fully saturated rings. The van der Waals surface area contributed by atoms with Crippen LogP contribution < -0.4 is 4.74 Å². The molecular formula is C24H21BrOS. The second kappa shape index (κ2) is 7.87. The van der Waals surface area contributed by atoms with E-state index in [2.05, 4.69) is 78.3 Å². The van der Waals surface area contributed by atoms with Crippen molar-refractivity contribution in [2.75, 3.05) is 0 Å². The smallest absolute Gasteiger partial charge is 0.137 e. The van der Waals surface area contributed by atoms with Crippen molar-refractivity contribution in [2.24, 2.45) is 0 Å². The topological polar surface area (TPSA) is 9.23 Å². The van der Waals surface area contributed by atoms with Crippen LogP contribution in [0.1, 0.15) is 27.1 Å². The lowest BCUT2D eigenvalue weighted by Gasteiger charge is -2.16. The van der Waals surface area contributed by atoms with Crippen LogP contribution >= 0.6 is 27.3 Å². The summed E-state index contributed by atoms with van der Waals surface area (Å²) in [7, 11) is 0. The average molecular weight is 437 g/mol. The van der Waals surface area contributed by atoms with E-state index in [-0.39, 0.29) is 0 Å². The molecule has 0 saturated heterocycles. The van der Waals surface area contributed by atoms with Gasteiger partial charge in [-0.25, -0.2) is 0 Å². The first-order valence-corrected chi connectivity index (χ1v) is 10.7. The lowest BCUT2D eigenvalue weighted by Crippen LogP contribution is -2.01. The van der Waals surface area contributed by atoms with Crippen molar-refractivity contribution < 1.29 is 4.74 Å². The van der Waals surface area contributed by atoms with E-state index in [4.69, 9.17) is 4.74 Å². The van der Waals surface area contributed by atoms with Gasteiger partial charge in [-0.1, -0.05) is 48.5 Å². The van der Waals surface area contributed by atoms with E-state index < -0.39 is 0 Å². The third-order valence-electron chi connectivity index (χ3n) is 4.97. The Labute approximate surface area is 172 Å². The Morgan fingerprint density at radius 1 is 0.889 bits per heavy atom. The number of benzene rings is 3. The molecule has 0 N–H and O–H groups in total. The van der Waals surface area contributed by atoms with Crippen molar-refractivity contribution >= 4 is 37.4 Å². The number of halogens is 1. The maximum Gasteiger partial charge on any atom is 0.137 e. The highest BCUT2D eigenvalue weighted by Crippen LogP contribution is 2.36. The molecule has 0 spiro atoms. The summed E-state index contributed by atoms with van der Waals surface area (Å²) in [6.07, 6.45) is 0.948. The van der Waals surface area contributed by atoms with E-state index >= 15 is 0 Å². The number of fused-ring (bicyclic) bond motifs is 1. The summed E-state index contributed by atoms with van der Waals surface area (Å²) in [6.45, 7) is 4.92. The van der Waals surface area contributed by atoms with Gasteiger partial charge in [-0.15, -0.1) is 11.3 Å². The third-order valence-corrected chi connectivity index (χ3v) is 6.67. The number of hydrogen-bond acceptors (Lipinski definition) is 2. The highest BCUT2D eigenvalue weighted by atomic mass is 79.9. The van der Waals surface area contributed by atoms with Gasteiger partial charge in [0, 0.05) is 16.0 Å². The molecule has 1 heterocycles. The zero-order chi connectivity index (χ0) is 18.8. The van der Waals surface area contributed by atoms with E-state index in [0.717, 1.165) is 16.6 Å². The van der Waals surface area contributed by atoms with Crippen molar-refractivity contribution in [3.05, 3.63) is 98.3 Å². The number of ether oxygens (including phenoxy) is 1. The van der Waals surface area contributed by atoms with Crippen LogP contribution in [0.4, 0.5) is 0 Å². The lowest BCUT2D eigenvalue weighted by molar-refractivity contribution is 0.302. The predicted octanol–water partition coefficient (Wildman–Crippen LogP) is 7.45. The Kier molecular flexibility index (Phi) is 5.33. The minimum atomic E-state index is 0.579. The van der Waals surface area contributed by atoms with Crippen molar-refractivity contribution in [2.45, 2.75) is 26.9 Å². The Morgan fingerprint density at radius 2 is 1.63 bits per heavy atom. The minimum Gasteiger partial charge on any atom is -0.487 e. The molecule has 27 heavy (non-hydrogen) atoms. The molecule has 1 nitrogen and oxygen atoms in total. The summed E-state index contributed by atoms with van der Waals surface area (Å²) in [5.74, 6) is 0.941. The maximum atomic E-state index is 6.14. The number of hydrogen-bond donors (Lipinski definition) is 0. The fourth-order valence-corrected chi connectivity index (χ4v) is 5.09. The first kappa shape index (κ1) is 18.3. The predicted molar refractivity (Wildman–Crippen MR) is 119 cm³/mol. The normalized spacial score (nSPS) is 11.1. The Balaban J connectivity index is 1.59. The van der Waals surface area contributed by atoms with E-state index in [9.17, 15) is 0 Å². The molecule has 4 rings (SSSR count). The van der Waals surface area contributed by atoms with Crippen LogP contribution in [0.15, 0.2) is 71.2 Å². The second-order valence-electron chi connectivity index (χ2n) is 6.80. The van der Waals surface area contributed by atoms with Crippen LogP contribution in [-0.4, -0.2) is 0 Å². The average Bonchev–Trinajstić information content (AvgIpc) is 3.09. The minimum absolute atomic E-state index is 0.579. The maximum absolute atomic E-state index is 6.14. The quantitative estimate of drug-likeness (QED) is 0.315. The van der Waals surface area contributed by atoms with Crippen LogP contribution in [0.2, 0.25) is 0 Å². The van der Waals surface area contributed by atoms with E-state index in [0.29, 0.717) is 6.61 Å². The summed E-state index contributed by atoms with van der Waals surface area (Å²) in [6, 6.07) is 23.4. The molecule has 3 heteroatoms. The number of thiophene rings is 1. The molecule has 136 valence electrons. The number of rotatable bonds is 5. The van der Waals surface area contributed by atoms with Gasteiger partial charge in [-0.2, -0.15) is 0 Å². The van der Waals surface area contributed by atoms with Crippen LogP contribution in [0.5, 0.6) is 5.75 Å². The van der Waals surface area contributed by atoms with Gasteiger partial charge in [0.05, 0.1) is 4.47 Å². The molecule has 1 aromatic heterocycles. The molecule has 0 amide bonds. The Morgan fingerprint density at radius 3 is 2.41 bits per heavy atom. The van der Waals surface area contributed by atoms with Gasteiger partial charge in [0.1, 0.15) is 12.4 Å². The molecule has 0 bridgehead atoms. The van der Waals surface area contributed by atoms with E-state index in [1.165, 1.54) is 37.2 Å². The molecule has 3 aromatic carbocycles. The fraction of sp³-hybridized carbons (Fsp3) is 0.167. The van der Waals surface area contributed by atoms with Gasteiger partial charge in [-0.3, -0.25) is 0 Å². The summed E-state index contributed by atoms with van der Waals surface area (Å²) < 4.78 is 8.52. The van der Waals surface area contributed by atoms with Crippen LogP contribution in [0.3, 0.4) is 0 Å². The van der Waals surface area contributed by atoms with Crippen molar-refractivity contribution in [1.29, 1.82) is 0 Å². The Bertz CT molecular complexity index is 1050. The van der Waals surface area contributed by atoms with E-state index in [1.807, 2.05) is 29.5 Å². The zero-order valence-electron chi connectivity index (χ0n) is 15.5. The SMILES string of the molecule is Cc1c(Cc2cc3ccccc3s2)cc(Br)c(OCc2ccccc2)c1C. The standard InChI is InChI=1S/C24H21BrOS/c1-16-17(2)24(26-15-18-8-4-3-5-9-18)22(25)14-20(16)13-21-12-19-10-6-7-11-23(19)27-21/h3-12,14H,13,15H2,1-2H3. The summed E-state index contributed by atoms with van der Waals surface area (Å²) in [4.78, 5) is 1.39. The molecular weight excluding hydrogens is 416 g/mol. The van der Waals surface area contributed by atoms with Gasteiger partial charge < -0.3 is 4.74 Å². The molecule has 4 aromatic rings. The van der Waals surface area contributed by atoms with Gasteiger partial charge >= 0.3 is 0 Å². The van der Waals surface area contributed by atoms with Crippen molar-refractivity contribution in [3.63, 3.8) is 0 Å². The zero-order valence-corrected chi connectivity index (χ0v) is 17.9. The molecule has 0 saturated carbocycles. The van der Waals surface area contributed by atoms with Crippen LogP contribution in [0, 0.1) is 13.8 Å². The molecule has 0 unspecified atom stereocenters. The fourth-order valence-electron chi connectivity index (χ4n) is 3.32. The summed E-state index contributed by atoms with van der Waals surface area (Å²) in [5.41, 5.74) is 5.03. The first-order chi connectivity index (χ1) is 13.1. The van der Waals surface area contributed by atoms with Crippen molar-refractivity contribution in [1.82, 2.24) is 0 Å².